The molecule has 27 heavy (non-hydrogen) atoms. The first kappa shape index (κ1) is 20.1. The fourth-order valence-electron chi connectivity index (χ4n) is 4.14. The molecule has 2 fully saturated rings. The van der Waals surface area contributed by atoms with Crippen molar-refractivity contribution in [3.63, 3.8) is 0 Å². The molecule has 2 unspecified atom stereocenters. The number of aliphatic imine (C=N–C) groups is 1. The van der Waals surface area contributed by atoms with Crippen LogP contribution < -0.4 is 10.0 Å². The number of guanidine groups is 1. The molecule has 6 nitrogen and oxygen atoms in total. The quantitative estimate of drug-likeness (QED) is 0.551. The smallest absolute Gasteiger partial charge is 0.213 e. The van der Waals surface area contributed by atoms with Crippen molar-refractivity contribution in [3.8, 4) is 0 Å². The van der Waals surface area contributed by atoms with Gasteiger partial charge in [-0.2, -0.15) is 0 Å². The Balaban J connectivity index is 1.52. The highest BCUT2D eigenvalue weighted by molar-refractivity contribution is 7.89. The number of nitrogens with zero attached hydrogens (tertiary/aromatic N) is 2. The molecule has 1 saturated heterocycles. The predicted octanol–water partition coefficient (Wildman–Crippen LogP) is 2.19. The zero-order valence-electron chi connectivity index (χ0n) is 16.2. The van der Waals surface area contributed by atoms with Crippen molar-refractivity contribution in [1.29, 1.82) is 0 Å². The monoisotopic (exact) mass is 392 g/mol. The third kappa shape index (κ3) is 5.94. The molecule has 7 heteroatoms. The van der Waals surface area contributed by atoms with Gasteiger partial charge >= 0.3 is 0 Å². The van der Waals surface area contributed by atoms with Crippen LogP contribution in [0, 0.1) is 11.8 Å². The number of nitrogens with one attached hydrogen (secondary N) is 2. The van der Waals surface area contributed by atoms with Crippen LogP contribution in [0.25, 0.3) is 0 Å². The Morgan fingerprint density at radius 2 is 1.81 bits per heavy atom. The van der Waals surface area contributed by atoms with Crippen LogP contribution in [0.3, 0.4) is 0 Å². The summed E-state index contributed by atoms with van der Waals surface area (Å²) in [6.07, 6.45) is 5.32. The minimum atomic E-state index is -3.34. The van der Waals surface area contributed by atoms with E-state index < -0.39 is 10.0 Å². The SMILES string of the molecule is CCNC(=NCCS(=O)(=O)NCc1ccccc1)N1CC2CCCCC2C1. The Bertz CT molecular complexity index is 707. The van der Waals surface area contributed by atoms with Crippen molar-refractivity contribution in [1.82, 2.24) is 14.9 Å². The summed E-state index contributed by atoms with van der Waals surface area (Å²) in [5, 5.41) is 3.34. The lowest BCUT2D eigenvalue weighted by Gasteiger charge is -2.22. The van der Waals surface area contributed by atoms with E-state index >= 15 is 0 Å². The molecule has 1 saturated carbocycles. The largest absolute Gasteiger partial charge is 0.357 e. The first-order chi connectivity index (χ1) is 13.1. The second-order valence-corrected chi connectivity index (χ2v) is 9.50. The van der Waals surface area contributed by atoms with Gasteiger partial charge in [0, 0.05) is 26.2 Å². The number of benzene rings is 1. The van der Waals surface area contributed by atoms with E-state index in [0.717, 1.165) is 43.0 Å². The van der Waals surface area contributed by atoms with Gasteiger partial charge in [-0.05, 0) is 37.2 Å². The van der Waals surface area contributed by atoms with Crippen LogP contribution in [0.15, 0.2) is 35.3 Å². The summed E-state index contributed by atoms with van der Waals surface area (Å²) in [4.78, 5) is 6.93. The van der Waals surface area contributed by atoms with E-state index in [0.29, 0.717) is 6.54 Å². The van der Waals surface area contributed by atoms with Crippen LogP contribution in [0.4, 0.5) is 0 Å². The molecular weight excluding hydrogens is 360 g/mol. The number of hydrogen-bond acceptors (Lipinski definition) is 3. The van der Waals surface area contributed by atoms with E-state index in [1.54, 1.807) is 0 Å². The van der Waals surface area contributed by atoms with Crippen LogP contribution >= 0.6 is 0 Å². The highest BCUT2D eigenvalue weighted by atomic mass is 32.2. The molecule has 1 aromatic rings. The summed E-state index contributed by atoms with van der Waals surface area (Å²) >= 11 is 0. The Kier molecular flexibility index (Phi) is 7.13. The number of hydrogen-bond donors (Lipinski definition) is 2. The Labute approximate surface area is 163 Å². The third-order valence-electron chi connectivity index (χ3n) is 5.57. The first-order valence-corrected chi connectivity index (χ1v) is 11.8. The second kappa shape index (κ2) is 9.55. The van der Waals surface area contributed by atoms with E-state index in [1.165, 1.54) is 25.7 Å². The van der Waals surface area contributed by atoms with Gasteiger partial charge in [0.2, 0.25) is 10.0 Å². The number of fused-ring (bicyclic) bond motifs is 1. The van der Waals surface area contributed by atoms with Crippen LogP contribution in [0.2, 0.25) is 0 Å². The van der Waals surface area contributed by atoms with E-state index in [-0.39, 0.29) is 12.3 Å². The standard InChI is InChI=1S/C20H32N4O2S/c1-2-21-20(24-15-18-10-6-7-11-19(18)16-24)22-12-13-27(25,26)23-14-17-8-4-3-5-9-17/h3-5,8-9,18-19,23H,2,6-7,10-16H2,1H3,(H,21,22). The summed E-state index contributed by atoms with van der Waals surface area (Å²) in [5.41, 5.74) is 0.956. The first-order valence-electron chi connectivity index (χ1n) is 10.1. The van der Waals surface area contributed by atoms with Gasteiger partial charge in [0.05, 0.1) is 12.3 Å². The fourth-order valence-corrected chi connectivity index (χ4v) is 5.00. The number of sulfonamides is 1. The minimum Gasteiger partial charge on any atom is -0.357 e. The summed E-state index contributed by atoms with van der Waals surface area (Å²) in [7, 11) is -3.34. The zero-order chi connectivity index (χ0) is 19.1. The van der Waals surface area contributed by atoms with E-state index in [2.05, 4.69) is 26.9 Å². The Morgan fingerprint density at radius 1 is 1.15 bits per heavy atom. The maximum atomic E-state index is 12.3. The van der Waals surface area contributed by atoms with Crippen molar-refractivity contribution < 1.29 is 8.42 Å². The Hall–Kier alpha value is -1.60. The molecule has 0 spiro atoms. The summed E-state index contributed by atoms with van der Waals surface area (Å²) in [5.74, 6) is 2.43. The Morgan fingerprint density at radius 3 is 2.44 bits per heavy atom. The van der Waals surface area contributed by atoms with Gasteiger partial charge < -0.3 is 10.2 Å². The maximum absolute atomic E-state index is 12.3. The maximum Gasteiger partial charge on any atom is 0.213 e. The highest BCUT2D eigenvalue weighted by Gasteiger charge is 2.35. The lowest BCUT2D eigenvalue weighted by atomic mass is 9.82. The van der Waals surface area contributed by atoms with Gasteiger partial charge in [0.15, 0.2) is 5.96 Å². The molecule has 0 aromatic heterocycles. The summed E-state index contributed by atoms with van der Waals surface area (Å²) < 4.78 is 27.2. The number of likely N-dealkylation sites (tertiary alicyclic amines) is 1. The van der Waals surface area contributed by atoms with E-state index in [4.69, 9.17) is 0 Å². The molecule has 3 rings (SSSR count). The van der Waals surface area contributed by atoms with Crippen molar-refractivity contribution in [2.75, 3.05) is 31.9 Å². The molecule has 2 atom stereocenters. The second-order valence-electron chi connectivity index (χ2n) is 7.57. The molecule has 1 heterocycles. The normalized spacial score (nSPS) is 23.3. The van der Waals surface area contributed by atoms with E-state index in [1.807, 2.05) is 30.3 Å². The van der Waals surface area contributed by atoms with Gasteiger partial charge in [0.1, 0.15) is 0 Å². The molecule has 1 aliphatic heterocycles. The van der Waals surface area contributed by atoms with E-state index in [9.17, 15) is 8.42 Å². The number of rotatable bonds is 7. The molecule has 1 aromatic carbocycles. The molecule has 2 aliphatic rings. The van der Waals surface area contributed by atoms with Crippen molar-refractivity contribution in [2.45, 2.75) is 39.2 Å². The molecule has 0 radical (unpaired) electrons. The average Bonchev–Trinajstić information content (AvgIpc) is 3.11. The van der Waals surface area contributed by atoms with Crippen LogP contribution in [0.1, 0.15) is 38.2 Å². The van der Waals surface area contributed by atoms with Crippen molar-refractivity contribution >= 4 is 16.0 Å². The topological polar surface area (TPSA) is 73.8 Å². The molecule has 2 N–H and O–H groups in total. The summed E-state index contributed by atoms with van der Waals surface area (Å²) in [6, 6.07) is 9.56. The molecular formula is C20H32N4O2S. The van der Waals surface area contributed by atoms with Gasteiger partial charge in [0.25, 0.3) is 0 Å². The lowest BCUT2D eigenvalue weighted by molar-refractivity contribution is 0.299. The predicted molar refractivity (Wildman–Crippen MR) is 110 cm³/mol. The van der Waals surface area contributed by atoms with Gasteiger partial charge in [-0.1, -0.05) is 43.2 Å². The van der Waals surface area contributed by atoms with Crippen LogP contribution in [0.5, 0.6) is 0 Å². The van der Waals surface area contributed by atoms with Crippen molar-refractivity contribution in [2.24, 2.45) is 16.8 Å². The third-order valence-corrected chi connectivity index (χ3v) is 6.88. The molecule has 1 aliphatic carbocycles. The molecule has 0 bridgehead atoms. The van der Waals surface area contributed by atoms with Gasteiger partial charge in [-0.3, -0.25) is 4.99 Å². The van der Waals surface area contributed by atoms with Gasteiger partial charge in [-0.25, -0.2) is 13.1 Å². The zero-order valence-corrected chi connectivity index (χ0v) is 17.0. The molecule has 150 valence electrons. The lowest BCUT2D eigenvalue weighted by Crippen LogP contribution is -2.40. The fraction of sp³-hybridized carbons (Fsp3) is 0.650. The van der Waals surface area contributed by atoms with Crippen LogP contribution in [-0.2, 0) is 16.6 Å². The highest BCUT2D eigenvalue weighted by Crippen LogP contribution is 2.35. The average molecular weight is 393 g/mol. The minimum absolute atomic E-state index is 0.00935. The van der Waals surface area contributed by atoms with Gasteiger partial charge in [-0.15, -0.1) is 0 Å². The molecule has 0 amide bonds. The summed E-state index contributed by atoms with van der Waals surface area (Å²) in [6.45, 7) is 5.55. The van der Waals surface area contributed by atoms with Crippen LogP contribution in [-0.4, -0.2) is 51.2 Å². The van der Waals surface area contributed by atoms with Crippen molar-refractivity contribution in [3.05, 3.63) is 35.9 Å².